The monoisotopic (exact) mass is 256 g/mol. The molecule has 0 aromatic carbocycles. The molecule has 2 N–H and O–H groups in total. The number of nitrogens with zero attached hydrogens (tertiary/aromatic N) is 1. The smallest absolute Gasteiger partial charge is 0.308 e. The van der Waals surface area contributed by atoms with E-state index in [4.69, 9.17) is 5.11 Å². The molecule has 0 aromatic heterocycles. The summed E-state index contributed by atoms with van der Waals surface area (Å²) in [5.41, 5.74) is 0. The maximum absolute atomic E-state index is 12.0. The lowest BCUT2D eigenvalue weighted by molar-refractivity contribution is -0.142. The molecule has 1 fully saturated rings. The van der Waals surface area contributed by atoms with E-state index in [2.05, 4.69) is 5.32 Å². The van der Waals surface area contributed by atoms with Crippen LogP contribution in [0.2, 0.25) is 0 Å². The number of hydrogen-bond donors (Lipinski definition) is 2. The largest absolute Gasteiger partial charge is 0.481 e. The molecule has 1 heterocycles. The molecule has 0 spiro atoms. The van der Waals surface area contributed by atoms with Crippen molar-refractivity contribution in [3.8, 4) is 0 Å². The van der Waals surface area contributed by atoms with Crippen molar-refractivity contribution >= 4 is 11.9 Å². The number of carboxylic acid groups (broad SMARTS) is 1. The number of carboxylic acids is 1. The minimum Gasteiger partial charge on any atom is -0.481 e. The highest BCUT2D eigenvalue weighted by Gasteiger charge is 2.38. The predicted molar refractivity (Wildman–Crippen MR) is 69.2 cm³/mol. The van der Waals surface area contributed by atoms with Gasteiger partial charge in [-0.1, -0.05) is 13.8 Å². The van der Waals surface area contributed by atoms with Gasteiger partial charge in [0, 0.05) is 19.1 Å². The van der Waals surface area contributed by atoms with Gasteiger partial charge in [0.2, 0.25) is 5.91 Å². The van der Waals surface area contributed by atoms with Gasteiger partial charge in [0.05, 0.1) is 12.0 Å². The van der Waals surface area contributed by atoms with Crippen molar-refractivity contribution in [2.45, 2.75) is 46.2 Å². The number of amides is 1. The van der Waals surface area contributed by atoms with Crippen LogP contribution in [-0.4, -0.2) is 47.1 Å². The average molecular weight is 256 g/mol. The van der Waals surface area contributed by atoms with Crippen LogP contribution in [0.25, 0.3) is 0 Å². The molecule has 104 valence electrons. The van der Waals surface area contributed by atoms with Gasteiger partial charge < -0.3 is 10.4 Å². The number of aliphatic carboxylic acids is 1. The molecule has 18 heavy (non-hydrogen) atoms. The Morgan fingerprint density at radius 1 is 1.39 bits per heavy atom. The fourth-order valence-electron chi connectivity index (χ4n) is 2.27. The maximum Gasteiger partial charge on any atom is 0.308 e. The van der Waals surface area contributed by atoms with E-state index >= 15 is 0 Å². The molecule has 4 unspecified atom stereocenters. The number of rotatable bonds is 5. The third-order valence-electron chi connectivity index (χ3n) is 3.89. The SMILES string of the molecule is CCC(C)NC(=O)C(C)N1CC(C)C(C(=O)O)C1. The van der Waals surface area contributed by atoms with E-state index in [1.54, 1.807) is 0 Å². The van der Waals surface area contributed by atoms with Gasteiger partial charge in [-0.25, -0.2) is 0 Å². The summed E-state index contributed by atoms with van der Waals surface area (Å²) in [6, 6.07) is -0.0963. The van der Waals surface area contributed by atoms with E-state index in [-0.39, 0.29) is 29.8 Å². The molecule has 0 aromatic rings. The van der Waals surface area contributed by atoms with E-state index in [1.165, 1.54) is 0 Å². The number of carbonyl (C=O) groups excluding carboxylic acids is 1. The molecular weight excluding hydrogens is 232 g/mol. The van der Waals surface area contributed by atoms with Gasteiger partial charge in [-0.3, -0.25) is 14.5 Å². The van der Waals surface area contributed by atoms with Gasteiger partial charge in [-0.2, -0.15) is 0 Å². The quantitative estimate of drug-likeness (QED) is 0.768. The minimum absolute atomic E-state index is 0.0115. The Morgan fingerprint density at radius 2 is 2.00 bits per heavy atom. The highest BCUT2D eigenvalue weighted by Crippen LogP contribution is 2.24. The maximum atomic E-state index is 12.0. The average Bonchev–Trinajstić information content (AvgIpc) is 2.70. The standard InChI is InChI=1S/C13H24N2O3/c1-5-9(3)14-12(16)10(4)15-6-8(2)11(7-15)13(17)18/h8-11H,5-7H2,1-4H3,(H,14,16)(H,17,18). The van der Waals surface area contributed by atoms with Crippen LogP contribution < -0.4 is 5.32 Å². The van der Waals surface area contributed by atoms with Gasteiger partial charge in [-0.05, 0) is 26.2 Å². The molecule has 0 radical (unpaired) electrons. The summed E-state index contributed by atoms with van der Waals surface area (Å²) in [5, 5.41) is 12.0. The van der Waals surface area contributed by atoms with E-state index in [9.17, 15) is 9.59 Å². The highest BCUT2D eigenvalue weighted by molar-refractivity contribution is 5.81. The lowest BCUT2D eigenvalue weighted by atomic mass is 9.99. The van der Waals surface area contributed by atoms with Crippen LogP contribution in [0.4, 0.5) is 0 Å². The van der Waals surface area contributed by atoms with E-state index in [0.29, 0.717) is 13.1 Å². The Bertz CT molecular complexity index is 319. The van der Waals surface area contributed by atoms with E-state index in [0.717, 1.165) is 6.42 Å². The zero-order valence-electron chi connectivity index (χ0n) is 11.6. The van der Waals surface area contributed by atoms with Crippen molar-refractivity contribution in [1.29, 1.82) is 0 Å². The van der Waals surface area contributed by atoms with Crippen LogP contribution in [-0.2, 0) is 9.59 Å². The lowest BCUT2D eigenvalue weighted by Crippen LogP contribution is -2.47. The summed E-state index contributed by atoms with van der Waals surface area (Å²) >= 11 is 0. The van der Waals surface area contributed by atoms with Crippen molar-refractivity contribution in [1.82, 2.24) is 10.2 Å². The Labute approximate surface area is 109 Å². The second-order valence-electron chi connectivity index (χ2n) is 5.37. The zero-order chi connectivity index (χ0) is 13.9. The summed E-state index contributed by atoms with van der Waals surface area (Å²) in [6.45, 7) is 8.90. The second kappa shape index (κ2) is 6.18. The molecule has 5 heteroatoms. The molecule has 1 aliphatic heterocycles. The van der Waals surface area contributed by atoms with Crippen molar-refractivity contribution in [2.24, 2.45) is 11.8 Å². The minimum atomic E-state index is -0.764. The van der Waals surface area contributed by atoms with Crippen LogP contribution in [0.5, 0.6) is 0 Å². The Kier molecular flexibility index (Phi) is 5.14. The first kappa shape index (κ1) is 15.0. The van der Waals surface area contributed by atoms with E-state index < -0.39 is 5.97 Å². The Hall–Kier alpha value is -1.10. The molecule has 5 nitrogen and oxygen atoms in total. The summed E-state index contributed by atoms with van der Waals surface area (Å²) in [4.78, 5) is 25.0. The van der Waals surface area contributed by atoms with Crippen LogP contribution in [0.15, 0.2) is 0 Å². The molecule has 4 atom stereocenters. The molecule has 0 saturated carbocycles. The first-order chi connectivity index (χ1) is 8.36. The molecule has 1 saturated heterocycles. The fraction of sp³-hybridized carbons (Fsp3) is 0.846. The van der Waals surface area contributed by atoms with Gasteiger partial charge in [-0.15, -0.1) is 0 Å². The number of carbonyl (C=O) groups is 2. The molecule has 1 amide bonds. The van der Waals surface area contributed by atoms with Crippen molar-refractivity contribution in [3.63, 3.8) is 0 Å². The lowest BCUT2D eigenvalue weighted by Gasteiger charge is -2.24. The normalized spacial score (nSPS) is 27.8. The van der Waals surface area contributed by atoms with Gasteiger partial charge in [0.1, 0.15) is 0 Å². The van der Waals surface area contributed by atoms with Gasteiger partial charge in [0.15, 0.2) is 0 Å². The highest BCUT2D eigenvalue weighted by atomic mass is 16.4. The number of nitrogens with one attached hydrogen (secondary N) is 1. The third kappa shape index (κ3) is 3.45. The fourth-order valence-corrected chi connectivity index (χ4v) is 2.27. The Morgan fingerprint density at radius 3 is 2.44 bits per heavy atom. The summed E-state index contributed by atoms with van der Waals surface area (Å²) in [7, 11) is 0. The predicted octanol–water partition coefficient (Wildman–Crippen LogP) is 0.942. The zero-order valence-corrected chi connectivity index (χ0v) is 11.6. The molecule has 0 aliphatic carbocycles. The Balaban J connectivity index is 2.56. The molecule has 1 rings (SSSR count). The van der Waals surface area contributed by atoms with E-state index in [1.807, 2.05) is 32.6 Å². The number of hydrogen-bond acceptors (Lipinski definition) is 3. The summed E-state index contributed by atoms with van der Waals surface area (Å²) in [6.07, 6.45) is 0.895. The van der Waals surface area contributed by atoms with Crippen molar-refractivity contribution < 1.29 is 14.7 Å². The second-order valence-corrected chi connectivity index (χ2v) is 5.37. The van der Waals surface area contributed by atoms with Crippen LogP contribution in [0, 0.1) is 11.8 Å². The third-order valence-corrected chi connectivity index (χ3v) is 3.89. The molecular formula is C13H24N2O3. The summed E-state index contributed by atoms with van der Waals surface area (Å²) in [5.74, 6) is -1.03. The summed E-state index contributed by atoms with van der Waals surface area (Å²) < 4.78 is 0. The van der Waals surface area contributed by atoms with Crippen molar-refractivity contribution in [3.05, 3.63) is 0 Å². The molecule has 0 bridgehead atoms. The van der Waals surface area contributed by atoms with Crippen LogP contribution in [0.1, 0.15) is 34.1 Å². The van der Waals surface area contributed by atoms with Crippen LogP contribution >= 0.6 is 0 Å². The van der Waals surface area contributed by atoms with Crippen molar-refractivity contribution in [2.75, 3.05) is 13.1 Å². The first-order valence-electron chi connectivity index (χ1n) is 6.64. The number of likely N-dealkylation sites (tertiary alicyclic amines) is 1. The topological polar surface area (TPSA) is 69.6 Å². The van der Waals surface area contributed by atoms with Gasteiger partial charge >= 0.3 is 5.97 Å². The molecule has 1 aliphatic rings. The van der Waals surface area contributed by atoms with Gasteiger partial charge in [0.25, 0.3) is 0 Å². The van der Waals surface area contributed by atoms with Crippen LogP contribution in [0.3, 0.4) is 0 Å². The first-order valence-corrected chi connectivity index (χ1v) is 6.64.